The Morgan fingerprint density at radius 2 is 2.22 bits per heavy atom. The molecule has 0 amide bonds. The van der Waals surface area contributed by atoms with Crippen LogP contribution in [-0.4, -0.2) is 17.8 Å². The Morgan fingerprint density at radius 1 is 1.67 bits per heavy atom. The van der Waals surface area contributed by atoms with Crippen LogP contribution < -0.4 is 0 Å². The topological polar surface area (TPSA) is 17.1 Å². The molecule has 0 bridgehead atoms. The number of carbonyl (C=O) groups is 1. The van der Waals surface area contributed by atoms with Crippen LogP contribution in [0.25, 0.3) is 0 Å². The van der Waals surface area contributed by atoms with Crippen LogP contribution in [0.1, 0.15) is 20.3 Å². The van der Waals surface area contributed by atoms with Gasteiger partial charge in [-0.25, -0.2) is 0 Å². The summed E-state index contributed by atoms with van der Waals surface area (Å²) in [4.78, 5) is 10.3. The van der Waals surface area contributed by atoms with E-state index in [9.17, 15) is 4.79 Å². The number of hydrogen-bond donors (Lipinski definition) is 0. The van der Waals surface area contributed by atoms with E-state index in [2.05, 4.69) is 6.92 Å². The lowest BCUT2D eigenvalue weighted by atomic mass is 10.1. The normalized spacial score (nSPS) is 16.8. The molecular weight excluding hydrogens is 132 g/mol. The number of rotatable bonds is 4. The van der Waals surface area contributed by atoms with Gasteiger partial charge in [-0.3, -0.25) is 0 Å². The van der Waals surface area contributed by atoms with Gasteiger partial charge in [-0.05, 0) is 12.7 Å². The molecule has 0 N–H and O–H groups in total. The van der Waals surface area contributed by atoms with Crippen molar-refractivity contribution in [1.82, 2.24) is 0 Å². The Bertz CT molecular complexity index is 79.0. The maximum absolute atomic E-state index is 10.3. The van der Waals surface area contributed by atoms with Crippen molar-refractivity contribution in [2.24, 2.45) is 5.92 Å². The summed E-state index contributed by atoms with van der Waals surface area (Å²) in [5.74, 6) is 0.213. The first kappa shape index (κ1) is 9.02. The third-order valence-corrected chi connectivity index (χ3v) is 2.87. The van der Waals surface area contributed by atoms with E-state index in [1.807, 2.05) is 13.2 Å². The molecule has 0 aromatic rings. The molecule has 0 fully saturated rings. The fourth-order valence-electron chi connectivity index (χ4n) is 0.841. The van der Waals surface area contributed by atoms with Crippen LogP contribution in [0.2, 0.25) is 0 Å². The quantitative estimate of drug-likeness (QED) is 0.564. The minimum atomic E-state index is 0.213. The van der Waals surface area contributed by atoms with Crippen molar-refractivity contribution < 1.29 is 4.79 Å². The fraction of sp³-hybridized carbons (Fsp3) is 0.857. The molecule has 0 aromatic carbocycles. The van der Waals surface area contributed by atoms with Gasteiger partial charge in [-0.2, -0.15) is 11.8 Å². The lowest BCUT2D eigenvalue weighted by Gasteiger charge is -2.13. The summed E-state index contributed by atoms with van der Waals surface area (Å²) in [5, 5.41) is 0.516. The minimum Gasteiger partial charge on any atom is -0.303 e. The molecule has 0 aromatic heterocycles. The van der Waals surface area contributed by atoms with Gasteiger partial charge in [-0.1, -0.05) is 13.8 Å². The van der Waals surface area contributed by atoms with E-state index >= 15 is 0 Å². The Balaban J connectivity index is 3.63. The fourth-order valence-corrected chi connectivity index (χ4v) is 1.67. The van der Waals surface area contributed by atoms with E-state index in [1.54, 1.807) is 11.8 Å². The van der Waals surface area contributed by atoms with Crippen molar-refractivity contribution in [3.8, 4) is 0 Å². The highest BCUT2D eigenvalue weighted by molar-refractivity contribution is 7.99. The zero-order valence-corrected chi connectivity index (χ0v) is 7.07. The van der Waals surface area contributed by atoms with Gasteiger partial charge >= 0.3 is 0 Å². The molecule has 0 rings (SSSR count). The van der Waals surface area contributed by atoms with Gasteiger partial charge in [0.1, 0.15) is 6.29 Å². The maximum atomic E-state index is 10.3. The third kappa shape index (κ3) is 2.89. The van der Waals surface area contributed by atoms with E-state index in [0.29, 0.717) is 5.25 Å². The van der Waals surface area contributed by atoms with Gasteiger partial charge in [0.25, 0.3) is 0 Å². The summed E-state index contributed by atoms with van der Waals surface area (Å²) in [5.41, 5.74) is 0. The van der Waals surface area contributed by atoms with Gasteiger partial charge in [0.05, 0.1) is 0 Å². The predicted molar refractivity (Wildman–Crippen MR) is 42.8 cm³/mol. The second-order valence-electron chi connectivity index (χ2n) is 2.18. The van der Waals surface area contributed by atoms with Crippen molar-refractivity contribution in [1.29, 1.82) is 0 Å². The SMILES string of the molecule is CCC(SC)C(C)C=O. The predicted octanol–water partition coefficient (Wildman–Crippen LogP) is 1.96. The number of thioether (sulfide) groups is 1. The Kier molecular flexibility index (Phi) is 4.87. The number of carbonyl (C=O) groups excluding carboxylic acids is 1. The number of aldehydes is 1. The number of hydrogen-bond acceptors (Lipinski definition) is 2. The van der Waals surface area contributed by atoms with Crippen LogP contribution in [0, 0.1) is 5.92 Å². The van der Waals surface area contributed by atoms with Crippen LogP contribution in [-0.2, 0) is 4.79 Å². The second kappa shape index (κ2) is 4.86. The molecule has 0 spiro atoms. The molecule has 0 radical (unpaired) electrons. The third-order valence-electron chi connectivity index (χ3n) is 1.51. The van der Waals surface area contributed by atoms with Crippen LogP contribution >= 0.6 is 11.8 Å². The van der Waals surface area contributed by atoms with Crippen molar-refractivity contribution in [2.75, 3.05) is 6.26 Å². The molecule has 0 aliphatic rings. The van der Waals surface area contributed by atoms with Crippen molar-refractivity contribution >= 4 is 18.0 Å². The first-order valence-electron chi connectivity index (χ1n) is 3.24. The van der Waals surface area contributed by atoms with Gasteiger partial charge in [0.2, 0.25) is 0 Å². The van der Waals surface area contributed by atoms with Crippen LogP contribution in [0.15, 0.2) is 0 Å². The van der Waals surface area contributed by atoms with E-state index in [-0.39, 0.29) is 5.92 Å². The van der Waals surface area contributed by atoms with Crippen molar-refractivity contribution in [2.45, 2.75) is 25.5 Å². The molecule has 9 heavy (non-hydrogen) atoms. The molecule has 0 aliphatic carbocycles. The second-order valence-corrected chi connectivity index (χ2v) is 3.25. The molecule has 0 saturated heterocycles. The van der Waals surface area contributed by atoms with E-state index < -0.39 is 0 Å². The molecule has 0 saturated carbocycles. The zero-order valence-electron chi connectivity index (χ0n) is 6.26. The molecule has 2 heteroatoms. The van der Waals surface area contributed by atoms with Crippen LogP contribution in [0.5, 0.6) is 0 Å². The highest BCUT2D eigenvalue weighted by Crippen LogP contribution is 2.17. The van der Waals surface area contributed by atoms with Gasteiger partial charge in [0, 0.05) is 11.2 Å². The zero-order chi connectivity index (χ0) is 7.28. The van der Waals surface area contributed by atoms with E-state index in [0.717, 1.165) is 12.7 Å². The smallest absolute Gasteiger partial charge is 0.123 e. The largest absolute Gasteiger partial charge is 0.303 e. The average molecular weight is 146 g/mol. The molecular formula is C7H14OS. The summed E-state index contributed by atoms with van der Waals surface area (Å²) in [6.07, 6.45) is 4.17. The van der Waals surface area contributed by atoms with Gasteiger partial charge in [0.15, 0.2) is 0 Å². The van der Waals surface area contributed by atoms with Gasteiger partial charge < -0.3 is 4.79 Å². The Hall–Kier alpha value is 0.0200. The molecule has 54 valence electrons. The lowest BCUT2D eigenvalue weighted by molar-refractivity contribution is -0.110. The first-order valence-corrected chi connectivity index (χ1v) is 4.53. The molecule has 0 heterocycles. The first-order chi connectivity index (χ1) is 4.26. The lowest BCUT2D eigenvalue weighted by Crippen LogP contribution is -2.13. The molecule has 1 nitrogen and oxygen atoms in total. The standard InChI is InChI=1S/C7H14OS/c1-4-7(9-3)6(2)5-8/h5-7H,4H2,1-3H3. The van der Waals surface area contributed by atoms with E-state index in [4.69, 9.17) is 0 Å². The Morgan fingerprint density at radius 3 is 2.33 bits per heavy atom. The average Bonchev–Trinajstić information content (AvgIpc) is 1.90. The monoisotopic (exact) mass is 146 g/mol. The summed E-state index contributed by atoms with van der Waals surface area (Å²) < 4.78 is 0. The molecule has 0 aliphatic heterocycles. The summed E-state index contributed by atoms with van der Waals surface area (Å²) in [6, 6.07) is 0. The van der Waals surface area contributed by atoms with Crippen molar-refractivity contribution in [3.63, 3.8) is 0 Å². The Labute approximate surface area is 61.2 Å². The highest BCUT2D eigenvalue weighted by Gasteiger charge is 2.11. The summed E-state index contributed by atoms with van der Waals surface area (Å²) in [6.45, 7) is 4.08. The van der Waals surface area contributed by atoms with Crippen molar-refractivity contribution in [3.05, 3.63) is 0 Å². The van der Waals surface area contributed by atoms with Gasteiger partial charge in [-0.15, -0.1) is 0 Å². The molecule has 2 atom stereocenters. The summed E-state index contributed by atoms with van der Waals surface area (Å²) in [7, 11) is 0. The summed E-state index contributed by atoms with van der Waals surface area (Å²) >= 11 is 1.77. The molecule has 2 unspecified atom stereocenters. The van der Waals surface area contributed by atoms with E-state index in [1.165, 1.54) is 0 Å². The highest BCUT2D eigenvalue weighted by atomic mass is 32.2. The minimum absolute atomic E-state index is 0.213. The van der Waals surface area contributed by atoms with Crippen LogP contribution in [0.3, 0.4) is 0 Å². The maximum Gasteiger partial charge on any atom is 0.123 e. The van der Waals surface area contributed by atoms with Crippen LogP contribution in [0.4, 0.5) is 0 Å².